The van der Waals surface area contributed by atoms with Crippen molar-refractivity contribution in [2.75, 3.05) is 6.54 Å². The number of carbonyl (C=O) groups is 1. The Bertz CT molecular complexity index is 813. The van der Waals surface area contributed by atoms with E-state index in [9.17, 15) is 18.7 Å². The molecule has 1 aromatic carbocycles. The molecule has 1 amide bonds. The van der Waals surface area contributed by atoms with Crippen LogP contribution >= 0.6 is 0 Å². The summed E-state index contributed by atoms with van der Waals surface area (Å²) in [4.78, 5) is 14.5. The molecule has 1 aliphatic rings. The predicted molar refractivity (Wildman–Crippen MR) is 86.9 cm³/mol. The Kier molecular flexibility index (Phi) is 4.76. The molecule has 0 bridgehead atoms. The molecule has 0 unspecified atom stereocenters. The number of amides is 1. The molecular formula is C18H19F2N3O2. The number of benzene rings is 1. The number of nitrogens with zero attached hydrogens (tertiary/aromatic N) is 3. The minimum absolute atomic E-state index is 0.132. The molecule has 132 valence electrons. The van der Waals surface area contributed by atoms with Gasteiger partial charge in [-0.25, -0.2) is 8.78 Å². The highest BCUT2D eigenvalue weighted by Gasteiger charge is 2.37. The lowest BCUT2D eigenvalue weighted by molar-refractivity contribution is 0.0713. The average Bonchev–Trinajstić information content (AvgIpc) is 2.98. The van der Waals surface area contributed by atoms with Gasteiger partial charge in [-0.1, -0.05) is 13.0 Å². The summed E-state index contributed by atoms with van der Waals surface area (Å²) in [5.74, 6) is -2.20. The molecule has 1 saturated heterocycles. The maximum Gasteiger partial charge on any atom is 0.256 e. The first kappa shape index (κ1) is 17.4. The van der Waals surface area contributed by atoms with E-state index >= 15 is 0 Å². The zero-order valence-corrected chi connectivity index (χ0v) is 14.0. The lowest BCUT2D eigenvalue weighted by Gasteiger charge is -2.25. The summed E-state index contributed by atoms with van der Waals surface area (Å²) in [6, 6.07) is 4.71. The molecule has 3 rings (SSSR count). The first-order valence-electron chi connectivity index (χ1n) is 8.17. The molecule has 0 spiro atoms. The van der Waals surface area contributed by atoms with Crippen molar-refractivity contribution in [2.24, 2.45) is 0 Å². The number of likely N-dealkylation sites (tertiary alicyclic amines) is 1. The lowest BCUT2D eigenvalue weighted by Crippen LogP contribution is -2.33. The van der Waals surface area contributed by atoms with Crippen molar-refractivity contribution in [1.82, 2.24) is 15.1 Å². The Hall–Kier alpha value is -2.41. The van der Waals surface area contributed by atoms with Crippen LogP contribution < -0.4 is 0 Å². The normalized spacial score (nSPS) is 20.1. The SMILES string of the molecule is CCc1nnc(C)cc1C(=O)N1C[C@@H](O)C[C@@H]1c1ccc(F)c(F)c1. The third kappa shape index (κ3) is 3.37. The molecule has 0 radical (unpaired) electrons. The zero-order valence-electron chi connectivity index (χ0n) is 14.0. The van der Waals surface area contributed by atoms with Gasteiger partial charge in [0.2, 0.25) is 0 Å². The number of carbonyl (C=O) groups excluding carboxylic acids is 1. The molecule has 5 nitrogen and oxygen atoms in total. The van der Waals surface area contributed by atoms with E-state index in [1.165, 1.54) is 11.0 Å². The van der Waals surface area contributed by atoms with E-state index in [2.05, 4.69) is 10.2 Å². The quantitative estimate of drug-likeness (QED) is 0.927. The van der Waals surface area contributed by atoms with E-state index < -0.39 is 23.8 Å². The van der Waals surface area contributed by atoms with Crippen molar-refractivity contribution in [3.05, 3.63) is 58.4 Å². The number of β-amino-alcohol motifs (C(OH)–C–C–N with tert-alkyl or cyclic N) is 1. The molecule has 1 aliphatic heterocycles. The van der Waals surface area contributed by atoms with Crippen molar-refractivity contribution in [3.8, 4) is 0 Å². The van der Waals surface area contributed by atoms with Gasteiger partial charge < -0.3 is 10.0 Å². The van der Waals surface area contributed by atoms with Gasteiger partial charge in [0.05, 0.1) is 29.1 Å². The summed E-state index contributed by atoms with van der Waals surface area (Å²) in [6.45, 7) is 3.75. The number of hydrogen-bond acceptors (Lipinski definition) is 4. The highest BCUT2D eigenvalue weighted by atomic mass is 19.2. The fraction of sp³-hybridized carbons (Fsp3) is 0.389. The Morgan fingerprint density at radius 1 is 1.28 bits per heavy atom. The number of aliphatic hydroxyl groups is 1. The topological polar surface area (TPSA) is 66.3 Å². The van der Waals surface area contributed by atoms with Crippen LogP contribution in [-0.2, 0) is 6.42 Å². The monoisotopic (exact) mass is 347 g/mol. The van der Waals surface area contributed by atoms with E-state index in [-0.39, 0.29) is 18.9 Å². The molecule has 0 aliphatic carbocycles. The summed E-state index contributed by atoms with van der Waals surface area (Å²) in [7, 11) is 0. The van der Waals surface area contributed by atoms with Crippen LogP contribution in [0.25, 0.3) is 0 Å². The van der Waals surface area contributed by atoms with Gasteiger partial charge in [-0.05, 0) is 43.5 Å². The molecular weight excluding hydrogens is 328 g/mol. The van der Waals surface area contributed by atoms with Crippen molar-refractivity contribution < 1.29 is 18.7 Å². The van der Waals surface area contributed by atoms with E-state index in [0.29, 0.717) is 28.9 Å². The van der Waals surface area contributed by atoms with Crippen LogP contribution in [-0.4, -0.2) is 38.8 Å². The molecule has 2 heterocycles. The van der Waals surface area contributed by atoms with Gasteiger partial charge in [-0.15, -0.1) is 0 Å². The first-order valence-corrected chi connectivity index (χ1v) is 8.17. The van der Waals surface area contributed by atoms with E-state index in [4.69, 9.17) is 0 Å². The maximum absolute atomic E-state index is 13.6. The van der Waals surface area contributed by atoms with Gasteiger partial charge in [0.1, 0.15) is 0 Å². The number of aliphatic hydroxyl groups excluding tert-OH is 1. The summed E-state index contributed by atoms with van der Waals surface area (Å²) in [5, 5.41) is 18.1. The second-order valence-electron chi connectivity index (χ2n) is 6.24. The van der Waals surface area contributed by atoms with Gasteiger partial charge in [0.15, 0.2) is 11.6 Å². The summed E-state index contributed by atoms with van der Waals surface area (Å²) >= 11 is 0. The van der Waals surface area contributed by atoms with Gasteiger partial charge >= 0.3 is 0 Å². The number of hydrogen-bond donors (Lipinski definition) is 1. The van der Waals surface area contributed by atoms with Gasteiger partial charge in [0, 0.05) is 6.54 Å². The lowest BCUT2D eigenvalue weighted by atomic mass is 10.0. The Morgan fingerprint density at radius 3 is 2.72 bits per heavy atom. The van der Waals surface area contributed by atoms with Gasteiger partial charge in [0.25, 0.3) is 5.91 Å². The number of halogens is 2. The van der Waals surface area contributed by atoms with Crippen molar-refractivity contribution in [2.45, 2.75) is 38.8 Å². The molecule has 25 heavy (non-hydrogen) atoms. The van der Waals surface area contributed by atoms with Crippen molar-refractivity contribution in [1.29, 1.82) is 0 Å². The number of aromatic nitrogens is 2. The molecule has 2 atom stereocenters. The summed E-state index contributed by atoms with van der Waals surface area (Å²) in [6.07, 6.45) is 0.0964. The summed E-state index contributed by atoms with van der Waals surface area (Å²) < 4.78 is 26.8. The minimum Gasteiger partial charge on any atom is -0.391 e. The molecule has 1 N–H and O–H groups in total. The van der Waals surface area contributed by atoms with Crippen LogP contribution in [0.15, 0.2) is 24.3 Å². The maximum atomic E-state index is 13.6. The van der Waals surface area contributed by atoms with Crippen LogP contribution in [0.2, 0.25) is 0 Å². The average molecular weight is 347 g/mol. The third-order valence-electron chi connectivity index (χ3n) is 4.43. The predicted octanol–water partition coefficient (Wildman–Crippen LogP) is 2.57. The molecule has 0 saturated carbocycles. The summed E-state index contributed by atoms with van der Waals surface area (Å²) in [5.41, 5.74) is 2.07. The van der Waals surface area contributed by atoms with Crippen molar-refractivity contribution in [3.63, 3.8) is 0 Å². The molecule has 1 aromatic heterocycles. The highest BCUT2D eigenvalue weighted by molar-refractivity contribution is 5.95. The second-order valence-corrected chi connectivity index (χ2v) is 6.24. The van der Waals surface area contributed by atoms with Gasteiger partial charge in [-0.3, -0.25) is 4.79 Å². The fourth-order valence-corrected chi connectivity index (χ4v) is 3.19. The second kappa shape index (κ2) is 6.84. The Balaban J connectivity index is 1.98. The van der Waals surface area contributed by atoms with Crippen molar-refractivity contribution >= 4 is 5.91 Å². The standard InChI is InChI=1S/C18H19F2N3O2/c1-3-16-13(6-10(2)21-22-16)18(25)23-9-12(24)8-17(23)11-4-5-14(19)15(20)7-11/h4-7,12,17,24H,3,8-9H2,1-2H3/t12-,17+/m0/s1. The van der Waals surface area contributed by atoms with Crippen LogP contribution in [0.4, 0.5) is 8.78 Å². The minimum atomic E-state index is -0.970. The van der Waals surface area contributed by atoms with E-state index in [0.717, 1.165) is 12.1 Å². The number of aryl methyl sites for hydroxylation is 2. The molecule has 2 aromatic rings. The molecule has 7 heteroatoms. The highest BCUT2D eigenvalue weighted by Crippen LogP contribution is 2.34. The third-order valence-corrected chi connectivity index (χ3v) is 4.43. The Morgan fingerprint density at radius 2 is 2.04 bits per heavy atom. The molecule has 1 fully saturated rings. The van der Waals surface area contributed by atoms with Gasteiger partial charge in [-0.2, -0.15) is 10.2 Å². The van der Waals surface area contributed by atoms with Crippen LogP contribution in [0.5, 0.6) is 0 Å². The smallest absolute Gasteiger partial charge is 0.256 e. The van der Waals surface area contributed by atoms with E-state index in [1.807, 2.05) is 6.92 Å². The number of rotatable bonds is 3. The van der Waals surface area contributed by atoms with Crippen LogP contribution in [0, 0.1) is 18.6 Å². The van der Waals surface area contributed by atoms with Crippen LogP contribution in [0.3, 0.4) is 0 Å². The zero-order chi connectivity index (χ0) is 18.1. The Labute approximate surface area is 144 Å². The van der Waals surface area contributed by atoms with E-state index in [1.54, 1.807) is 13.0 Å². The van der Waals surface area contributed by atoms with Crippen LogP contribution in [0.1, 0.15) is 46.7 Å². The largest absolute Gasteiger partial charge is 0.391 e. The fourth-order valence-electron chi connectivity index (χ4n) is 3.19. The first-order chi connectivity index (χ1) is 11.9.